The van der Waals surface area contributed by atoms with E-state index in [0.29, 0.717) is 18.9 Å². The second-order valence-electron chi connectivity index (χ2n) is 6.15. The largest absolute Gasteiger partial charge is 0.496 e. The van der Waals surface area contributed by atoms with Crippen molar-refractivity contribution in [3.05, 3.63) is 53.7 Å². The van der Waals surface area contributed by atoms with Crippen LogP contribution in [0.15, 0.2) is 42.6 Å². The number of aromatic nitrogens is 1. The van der Waals surface area contributed by atoms with Gasteiger partial charge in [-0.25, -0.2) is 4.98 Å². The molecule has 6 nitrogen and oxygen atoms in total. The Balaban J connectivity index is 1.66. The average molecular weight is 339 g/mol. The van der Waals surface area contributed by atoms with Gasteiger partial charge in [0.2, 0.25) is 11.8 Å². The maximum absolute atomic E-state index is 12.5. The van der Waals surface area contributed by atoms with Crippen molar-refractivity contribution < 1.29 is 14.3 Å². The first-order valence-corrected chi connectivity index (χ1v) is 8.20. The highest BCUT2D eigenvalue weighted by Gasteiger charge is 2.34. The number of nitrogens with zero attached hydrogens (tertiary/aromatic N) is 2. The van der Waals surface area contributed by atoms with Gasteiger partial charge < -0.3 is 15.0 Å². The van der Waals surface area contributed by atoms with E-state index in [9.17, 15) is 9.59 Å². The summed E-state index contributed by atoms with van der Waals surface area (Å²) in [5, 5.41) is 2.83. The number of amides is 2. The SMILES string of the molecule is COc1ccccc1CN1C[C@@H](C(=O)Nc2ncccc2C)CC1=O. The van der Waals surface area contributed by atoms with Crippen molar-refractivity contribution in [3.63, 3.8) is 0 Å². The number of benzene rings is 1. The van der Waals surface area contributed by atoms with Crippen LogP contribution in [0.25, 0.3) is 0 Å². The van der Waals surface area contributed by atoms with Gasteiger partial charge in [0.15, 0.2) is 0 Å². The number of rotatable bonds is 5. The van der Waals surface area contributed by atoms with Gasteiger partial charge in [-0.3, -0.25) is 9.59 Å². The molecule has 0 spiro atoms. The number of anilines is 1. The summed E-state index contributed by atoms with van der Waals surface area (Å²) in [5.74, 6) is 0.723. The first-order valence-electron chi connectivity index (χ1n) is 8.20. The summed E-state index contributed by atoms with van der Waals surface area (Å²) >= 11 is 0. The smallest absolute Gasteiger partial charge is 0.230 e. The van der Waals surface area contributed by atoms with Gasteiger partial charge in [0.1, 0.15) is 11.6 Å². The van der Waals surface area contributed by atoms with Crippen molar-refractivity contribution in [2.24, 2.45) is 5.92 Å². The molecule has 1 aromatic heterocycles. The predicted molar refractivity (Wildman–Crippen MR) is 94.1 cm³/mol. The number of pyridine rings is 1. The van der Waals surface area contributed by atoms with Crippen LogP contribution < -0.4 is 10.1 Å². The number of likely N-dealkylation sites (tertiary alicyclic amines) is 1. The minimum Gasteiger partial charge on any atom is -0.496 e. The summed E-state index contributed by atoms with van der Waals surface area (Å²) < 4.78 is 5.33. The Morgan fingerprint density at radius 1 is 1.32 bits per heavy atom. The monoisotopic (exact) mass is 339 g/mol. The van der Waals surface area contributed by atoms with Crippen LogP contribution in [-0.2, 0) is 16.1 Å². The molecule has 0 aliphatic carbocycles. The summed E-state index contributed by atoms with van der Waals surface area (Å²) in [6.07, 6.45) is 1.85. The molecule has 1 fully saturated rings. The van der Waals surface area contributed by atoms with Gasteiger partial charge in [0.25, 0.3) is 0 Å². The van der Waals surface area contributed by atoms with E-state index >= 15 is 0 Å². The maximum atomic E-state index is 12.5. The second-order valence-corrected chi connectivity index (χ2v) is 6.15. The van der Waals surface area contributed by atoms with Crippen molar-refractivity contribution in [1.29, 1.82) is 0 Å². The molecule has 1 aliphatic heterocycles. The third-order valence-electron chi connectivity index (χ3n) is 4.39. The molecular formula is C19H21N3O3. The lowest BCUT2D eigenvalue weighted by molar-refractivity contribution is -0.128. The molecule has 1 aliphatic rings. The number of carbonyl (C=O) groups is 2. The molecule has 1 aromatic carbocycles. The lowest BCUT2D eigenvalue weighted by Gasteiger charge is -2.18. The van der Waals surface area contributed by atoms with E-state index < -0.39 is 0 Å². The normalized spacial score (nSPS) is 16.8. The lowest BCUT2D eigenvalue weighted by Crippen LogP contribution is -2.28. The van der Waals surface area contributed by atoms with Crippen molar-refractivity contribution in [2.45, 2.75) is 19.9 Å². The first kappa shape index (κ1) is 17.0. The Hall–Kier alpha value is -2.89. The zero-order valence-corrected chi connectivity index (χ0v) is 14.4. The molecule has 1 saturated heterocycles. The Labute approximate surface area is 146 Å². The summed E-state index contributed by atoms with van der Waals surface area (Å²) in [4.78, 5) is 30.7. The van der Waals surface area contributed by atoms with Crippen molar-refractivity contribution in [1.82, 2.24) is 9.88 Å². The topological polar surface area (TPSA) is 71.5 Å². The van der Waals surface area contributed by atoms with Crippen LogP contribution in [0.3, 0.4) is 0 Å². The lowest BCUT2D eigenvalue weighted by atomic mass is 10.1. The molecule has 2 aromatic rings. The van der Waals surface area contributed by atoms with E-state index in [2.05, 4.69) is 10.3 Å². The van der Waals surface area contributed by atoms with Gasteiger partial charge in [0.05, 0.1) is 13.0 Å². The molecule has 6 heteroatoms. The predicted octanol–water partition coefficient (Wildman–Crippen LogP) is 2.39. The number of hydrogen-bond acceptors (Lipinski definition) is 4. The molecule has 2 heterocycles. The Morgan fingerprint density at radius 3 is 2.88 bits per heavy atom. The fourth-order valence-electron chi connectivity index (χ4n) is 2.98. The highest BCUT2D eigenvalue weighted by Crippen LogP contribution is 2.25. The highest BCUT2D eigenvalue weighted by molar-refractivity contribution is 5.97. The summed E-state index contributed by atoms with van der Waals surface area (Å²) in [6, 6.07) is 11.3. The highest BCUT2D eigenvalue weighted by atomic mass is 16.5. The van der Waals surface area contributed by atoms with Crippen LogP contribution in [0, 0.1) is 12.8 Å². The summed E-state index contributed by atoms with van der Waals surface area (Å²) in [7, 11) is 1.61. The summed E-state index contributed by atoms with van der Waals surface area (Å²) in [5.41, 5.74) is 1.83. The van der Waals surface area contributed by atoms with Crippen molar-refractivity contribution in [3.8, 4) is 5.75 Å². The standard InChI is InChI=1S/C19H21N3O3/c1-13-6-5-9-20-18(13)21-19(24)15-10-17(23)22(12-15)11-14-7-3-4-8-16(14)25-2/h3-9,15H,10-12H2,1-2H3,(H,20,21,24)/t15-/m0/s1. The third kappa shape index (κ3) is 3.79. The molecule has 0 radical (unpaired) electrons. The summed E-state index contributed by atoms with van der Waals surface area (Å²) in [6.45, 7) is 2.72. The van der Waals surface area contributed by atoms with Crippen molar-refractivity contribution >= 4 is 17.6 Å². The third-order valence-corrected chi connectivity index (χ3v) is 4.39. The van der Waals surface area contributed by atoms with Crippen LogP contribution >= 0.6 is 0 Å². The molecular weight excluding hydrogens is 318 g/mol. The van der Waals surface area contributed by atoms with Crippen LogP contribution in [0.2, 0.25) is 0 Å². The van der Waals surface area contributed by atoms with Crippen LogP contribution in [0.4, 0.5) is 5.82 Å². The number of para-hydroxylation sites is 1. The second kappa shape index (κ2) is 7.34. The number of methoxy groups -OCH3 is 1. The molecule has 1 atom stereocenters. The molecule has 25 heavy (non-hydrogen) atoms. The quantitative estimate of drug-likeness (QED) is 0.908. The number of carbonyl (C=O) groups excluding carboxylic acids is 2. The molecule has 130 valence electrons. The van der Waals surface area contributed by atoms with Crippen LogP contribution in [0.1, 0.15) is 17.5 Å². The minimum atomic E-state index is -0.372. The molecule has 0 bridgehead atoms. The fourth-order valence-corrected chi connectivity index (χ4v) is 2.98. The van der Waals surface area contributed by atoms with Crippen molar-refractivity contribution in [2.75, 3.05) is 19.0 Å². The van der Waals surface area contributed by atoms with E-state index in [4.69, 9.17) is 4.74 Å². The molecule has 1 N–H and O–H groups in total. The number of ether oxygens (including phenoxy) is 1. The fraction of sp³-hybridized carbons (Fsp3) is 0.316. The molecule has 0 unspecified atom stereocenters. The first-order chi connectivity index (χ1) is 12.1. The van der Waals surface area contributed by atoms with Crippen LogP contribution in [-0.4, -0.2) is 35.4 Å². The number of hydrogen-bond donors (Lipinski definition) is 1. The Kier molecular flexibility index (Phi) is 4.97. The molecule has 0 saturated carbocycles. The van der Waals surface area contributed by atoms with Gasteiger partial charge in [-0.15, -0.1) is 0 Å². The zero-order chi connectivity index (χ0) is 17.8. The van der Waals surface area contributed by atoms with Gasteiger partial charge in [-0.2, -0.15) is 0 Å². The van der Waals surface area contributed by atoms with Gasteiger partial charge >= 0.3 is 0 Å². The van der Waals surface area contributed by atoms with E-state index in [1.165, 1.54) is 0 Å². The van der Waals surface area contributed by atoms with E-state index in [1.54, 1.807) is 18.2 Å². The zero-order valence-electron chi connectivity index (χ0n) is 14.4. The van der Waals surface area contributed by atoms with E-state index in [0.717, 1.165) is 16.9 Å². The molecule has 2 amide bonds. The Bertz CT molecular complexity index is 791. The van der Waals surface area contributed by atoms with Gasteiger partial charge in [-0.1, -0.05) is 24.3 Å². The number of nitrogens with one attached hydrogen (secondary N) is 1. The minimum absolute atomic E-state index is 0.0243. The van der Waals surface area contributed by atoms with Gasteiger partial charge in [-0.05, 0) is 24.6 Å². The van der Waals surface area contributed by atoms with Gasteiger partial charge in [0, 0.05) is 31.3 Å². The maximum Gasteiger partial charge on any atom is 0.230 e. The van der Waals surface area contributed by atoms with E-state index in [-0.39, 0.29) is 24.2 Å². The average Bonchev–Trinajstić information content (AvgIpc) is 2.98. The molecule has 3 rings (SSSR count). The Morgan fingerprint density at radius 2 is 2.12 bits per heavy atom. The van der Waals surface area contributed by atoms with Crippen LogP contribution in [0.5, 0.6) is 5.75 Å². The van der Waals surface area contributed by atoms with E-state index in [1.807, 2.05) is 43.3 Å². The number of aryl methyl sites for hydroxylation is 1.